The lowest BCUT2D eigenvalue weighted by molar-refractivity contribution is 0.153. The van der Waals surface area contributed by atoms with E-state index in [2.05, 4.69) is 26.5 Å². The van der Waals surface area contributed by atoms with Crippen molar-refractivity contribution >= 4 is 16.6 Å². The summed E-state index contributed by atoms with van der Waals surface area (Å²) in [5.41, 5.74) is 2.84. The molecule has 0 radical (unpaired) electrons. The Morgan fingerprint density at radius 2 is 2.32 bits per heavy atom. The molecule has 0 aliphatic rings. The quantitative estimate of drug-likeness (QED) is 0.507. The van der Waals surface area contributed by atoms with Gasteiger partial charge in [-0.2, -0.15) is 0 Å². The summed E-state index contributed by atoms with van der Waals surface area (Å²) < 4.78 is 10.9. The molecule has 25 heavy (non-hydrogen) atoms. The highest BCUT2D eigenvalue weighted by Gasteiger charge is 2.15. The lowest BCUT2D eigenvalue weighted by Gasteiger charge is -2.10. The molecular formula is C18H18N4O3. The molecule has 0 aromatic carbocycles. The first-order valence-electron chi connectivity index (χ1n) is 7.76. The number of pyridine rings is 1. The van der Waals surface area contributed by atoms with E-state index >= 15 is 0 Å². The molecule has 0 bridgehead atoms. The predicted octanol–water partition coefficient (Wildman–Crippen LogP) is 3.10. The van der Waals surface area contributed by atoms with Crippen LogP contribution >= 0.6 is 0 Å². The smallest absolute Gasteiger partial charge is 0.245 e. The molecule has 7 heteroatoms. The van der Waals surface area contributed by atoms with E-state index in [4.69, 9.17) is 14.3 Å². The zero-order valence-corrected chi connectivity index (χ0v) is 13.8. The molecule has 0 atom stereocenters. The van der Waals surface area contributed by atoms with Crippen LogP contribution in [0.5, 0.6) is 0 Å². The monoisotopic (exact) mass is 338 g/mol. The van der Waals surface area contributed by atoms with Gasteiger partial charge in [-0.1, -0.05) is 12.7 Å². The number of allylic oxidation sites excluding steroid dienone is 4. The van der Waals surface area contributed by atoms with E-state index in [0.29, 0.717) is 23.2 Å². The zero-order valence-electron chi connectivity index (χ0n) is 13.8. The number of aliphatic hydroxyl groups is 1. The second kappa shape index (κ2) is 7.59. The van der Waals surface area contributed by atoms with Crippen LogP contribution in [0.15, 0.2) is 59.7 Å². The van der Waals surface area contributed by atoms with Crippen LogP contribution in [0.3, 0.4) is 0 Å². The van der Waals surface area contributed by atoms with Crippen molar-refractivity contribution in [1.29, 1.82) is 0 Å². The number of aromatic nitrogens is 4. The Morgan fingerprint density at radius 1 is 1.44 bits per heavy atom. The lowest BCUT2D eigenvalue weighted by Crippen LogP contribution is -2.02. The maximum absolute atomic E-state index is 8.99. The minimum Gasteiger partial charge on any atom is -0.491 e. The van der Waals surface area contributed by atoms with Crippen LogP contribution in [-0.4, -0.2) is 38.3 Å². The Morgan fingerprint density at radius 3 is 3.00 bits per heavy atom. The highest BCUT2D eigenvalue weighted by atomic mass is 16.5. The first-order valence-corrected chi connectivity index (χ1v) is 7.76. The molecule has 3 aromatic heterocycles. The molecule has 0 aliphatic carbocycles. The summed E-state index contributed by atoms with van der Waals surface area (Å²) in [7, 11) is 0. The second-order valence-corrected chi connectivity index (χ2v) is 5.05. The number of H-pyrrole nitrogens is 1. The maximum Gasteiger partial charge on any atom is 0.245 e. The summed E-state index contributed by atoms with van der Waals surface area (Å²) in [6.07, 6.45) is 10.0. The zero-order chi connectivity index (χ0) is 17.6. The molecule has 3 rings (SSSR count). The van der Waals surface area contributed by atoms with Crippen molar-refractivity contribution in [3.8, 4) is 11.6 Å². The molecule has 0 spiro atoms. The van der Waals surface area contributed by atoms with Gasteiger partial charge in [-0.15, -0.1) is 0 Å². The van der Waals surface area contributed by atoms with Gasteiger partial charge in [-0.25, -0.2) is 15.0 Å². The van der Waals surface area contributed by atoms with E-state index in [0.717, 1.165) is 16.6 Å². The molecular weight excluding hydrogens is 320 g/mol. The Bertz CT molecular complexity index is 923. The third kappa shape index (κ3) is 3.51. The van der Waals surface area contributed by atoms with E-state index in [1.165, 1.54) is 6.26 Å². The maximum atomic E-state index is 8.99. The molecule has 0 aliphatic heterocycles. The van der Waals surface area contributed by atoms with Crippen molar-refractivity contribution in [3.63, 3.8) is 0 Å². The van der Waals surface area contributed by atoms with Gasteiger partial charge in [0.2, 0.25) is 5.89 Å². The van der Waals surface area contributed by atoms with Gasteiger partial charge in [0, 0.05) is 0 Å². The molecule has 0 unspecified atom stereocenters. The van der Waals surface area contributed by atoms with Gasteiger partial charge in [-0.3, -0.25) is 0 Å². The van der Waals surface area contributed by atoms with Crippen molar-refractivity contribution in [2.45, 2.75) is 6.92 Å². The number of hydrogen-bond donors (Lipinski definition) is 2. The molecule has 3 aromatic rings. The van der Waals surface area contributed by atoms with E-state index in [1.807, 2.05) is 13.0 Å². The number of hydrogen-bond acceptors (Lipinski definition) is 6. The number of aromatic amines is 1. The number of nitrogens with zero attached hydrogens (tertiary/aromatic N) is 3. The first kappa shape index (κ1) is 16.7. The number of oxazole rings is 1. The molecule has 3 heterocycles. The number of rotatable bonds is 7. The highest BCUT2D eigenvalue weighted by Crippen LogP contribution is 2.26. The Hall–Kier alpha value is -3.19. The van der Waals surface area contributed by atoms with Crippen molar-refractivity contribution in [2.24, 2.45) is 0 Å². The van der Waals surface area contributed by atoms with Gasteiger partial charge >= 0.3 is 0 Å². The summed E-state index contributed by atoms with van der Waals surface area (Å²) in [4.78, 5) is 16.3. The Labute approximate surface area is 144 Å². The van der Waals surface area contributed by atoms with Gasteiger partial charge in [0.15, 0.2) is 0 Å². The number of fused-ring (bicyclic) bond motifs is 1. The molecule has 0 saturated heterocycles. The topological polar surface area (TPSA) is 97.1 Å². The summed E-state index contributed by atoms with van der Waals surface area (Å²) >= 11 is 0. The third-order valence-corrected chi connectivity index (χ3v) is 3.44. The van der Waals surface area contributed by atoms with Gasteiger partial charge in [0.1, 0.15) is 30.1 Å². The van der Waals surface area contributed by atoms with Crippen LogP contribution in [0.2, 0.25) is 0 Å². The number of ether oxygens (including phenoxy) is 1. The van der Waals surface area contributed by atoms with Crippen LogP contribution < -0.4 is 0 Å². The summed E-state index contributed by atoms with van der Waals surface area (Å²) in [6.45, 7) is 5.73. The van der Waals surface area contributed by atoms with Gasteiger partial charge < -0.3 is 19.2 Å². The lowest BCUT2D eigenvalue weighted by atomic mass is 10.2. The van der Waals surface area contributed by atoms with Crippen LogP contribution in [0.25, 0.3) is 28.2 Å². The van der Waals surface area contributed by atoms with Crippen molar-refractivity contribution in [3.05, 3.63) is 61.1 Å². The SMILES string of the molecule is C=C/C=C(\C(=C/C)OCCO)c1nc2cc(-c3ncco3)ncc2[nH]1. The average Bonchev–Trinajstić information content (AvgIpc) is 3.30. The molecule has 0 fully saturated rings. The Balaban J connectivity index is 2.01. The molecule has 128 valence electrons. The summed E-state index contributed by atoms with van der Waals surface area (Å²) in [6, 6.07) is 1.80. The standard InChI is InChI=1S/C18H18N4O3/c1-3-5-12(16(4-2)24-9-7-23)17-21-13-10-14(18-19-6-8-25-18)20-11-15(13)22-17/h3-6,8,10-11,23H,1,7,9H2,2H3,(H,21,22)/b12-5+,16-4+. The molecule has 7 nitrogen and oxygen atoms in total. The van der Waals surface area contributed by atoms with E-state index in [9.17, 15) is 0 Å². The van der Waals surface area contributed by atoms with E-state index < -0.39 is 0 Å². The molecule has 2 N–H and O–H groups in total. The Kier molecular flexibility index (Phi) is 5.06. The fourth-order valence-corrected chi connectivity index (χ4v) is 2.37. The summed E-state index contributed by atoms with van der Waals surface area (Å²) in [5.74, 6) is 1.66. The van der Waals surface area contributed by atoms with E-state index in [-0.39, 0.29) is 13.2 Å². The highest BCUT2D eigenvalue weighted by molar-refractivity contribution is 5.83. The van der Waals surface area contributed by atoms with Crippen LogP contribution in [-0.2, 0) is 4.74 Å². The number of nitrogens with one attached hydrogen (secondary N) is 1. The van der Waals surface area contributed by atoms with Crippen LogP contribution in [0, 0.1) is 0 Å². The fraction of sp³-hybridized carbons (Fsp3) is 0.167. The van der Waals surface area contributed by atoms with Crippen LogP contribution in [0.1, 0.15) is 12.7 Å². The summed E-state index contributed by atoms with van der Waals surface area (Å²) in [5, 5.41) is 8.99. The fourth-order valence-electron chi connectivity index (χ4n) is 2.37. The molecule has 0 saturated carbocycles. The van der Waals surface area contributed by atoms with Gasteiger partial charge in [0.25, 0.3) is 0 Å². The number of imidazole rings is 1. The number of aliphatic hydroxyl groups excluding tert-OH is 1. The van der Waals surface area contributed by atoms with Crippen molar-refractivity contribution in [1.82, 2.24) is 19.9 Å². The van der Waals surface area contributed by atoms with Crippen LogP contribution in [0.4, 0.5) is 0 Å². The van der Waals surface area contributed by atoms with E-state index in [1.54, 1.807) is 30.6 Å². The third-order valence-electron chi connectivity index (χ3n) is 3.44. The van der Waals surface area contributed by atoms with Crippen molar-refractivity contribution in [2.75, 3.05) is 13.2 Å². The minimum absolute atomic E-state index is 0.0672. The minimum atomic E-state index is -0.0672. The first-order chi connectivity index (χ1) is 12.3. The predicted molar refractivity (Wildman–Crippen MR) is 94.4 cm³/mol. The normalized spacial score (nSPS) is 12.6. The average molecular weight is 338 g/mol. The van der Waals surface area contributed by atoms with Gasteiger partial charge in [0.05, 0.1) is 35.6 Å². The second-order valence-electron chi connectivity index (χ2n) is 5.05. The van der Waals surface area contributed by atoms with Gasteiger partial charge in [-0.05, 0) is 25.1 Å². The largest absolute Gasteiger partial charge is 0.491 e. The van der Waals surface area contributed by atoms with Crippen molar-refractivity contribution < 1.29 is 14.3 Å². The molecule has 0 amide bonds.